The lowest BCUT2D eigenvalue weighted by molar-refractivity contribution is -0.143. The Hall–Kier alpha value is -2.62. The van der Waals surface area contributed by atoms with Crippen molar-refractivity contribution in [1.29, 1.82) is 0 Å². The Morgan fingerprint density at radius 2 is 1.87 bits per heavy atom. The third-order valence-corrected chi connectivity index (χ3v) is 5.46. The average molecular weight is 435 g/mol. The number of hydrogen-bond donors (Lipinski definition) is 0. The number of hydrogen-bond acceptors (Lipinski definition) is 7. The summed E-state index contributed by atoms with van der Waals surface area (Å²) in [6, 6.07) is 9.59. The standard InChI is InChI=1S/C21H26N2O6S/c1-26-8-7-22(21(25)14-27-2)13-20(24)23(12-17-4-3-9-30-17)11-16-5-6-18-19(10-16)29-15-28-18/h3-6,9-10H,7-8,11-15H2,1-2H3. The Labute approximate surface area is 179 Å². The summed E-state index contributed by atoms with van der Waals surface area (Å²) in [5.74, 6) is 0.975. The van der Waals surface area contributed by atoms with Crippen LogP contribution in [-0.2, 0) is 32.2 Å². The van der Waals surface area contributed by atoms with Crippen LogP contribution in [0.5, 0.6) is 11.5 Å². The molecule has 0 saturated heterocycles. The van der Waals surface area contributed by atoms with Crippen LogP contribution >= 0.6 is 11.3 Å². The highest BCUT2D eigenvalue weighted by Gasteiger charge is 2.23. The predicted molar refractivity (Wildman–Crippen MR) is 111 cm³/mol. The Bertz CT molecular complexity index is 842. The van der Waals surface area contributed by atoms with Crippen molar-refractivity contribution in [2.75, 3.05) is 47.3 Å². The fourth-order valence-corrected chi connectivity index (χ4v) is 3.77. The first-order chi connectivity index (χ1) is 14.6. The second-order valence-electron chi connectivity index (χ2n) is 6.76. The number of thiophene rings is 1. The van der Waals surface area contributed by atoms with E-state index in [0.717, 1.165) is 10.4 Å². The molecule has 1 aliphatic heterocycles. The van der Waals surface area contributed by atoms with Gasteiger partial charge >= 0.3 is 0 Å². The summed E-state index contributed by atoms with van der Waals surface area (Å²) in [6.07, 6.45) is 0. The predicted octanol–water partition coefficient (Wildman–Crippen LogP) is 2.13. The average Bonchev–Trinajstić information content (AvgIpc) is 3.42. The molecule has 0 saturated carbocycles. The molecule has 9 heteroatoms. The van der Waals surface area contributed by atoms with Crippen LogP contribution in [0, 0.1) is 0 Å². The maximum absolute atomic E-state index is 13.2. The van der Waals surface area contributed by atoms with Crippen LogP contribution < -0.4 is 9.47 Å². The van der Waals surface area contributed by atoms with E-state index in [1.54, 1.807) is 23.3 Å². The van der Waals surface area contributed by atoms with Crippen molar-refractivity contribution in [2.24, 2.45) is 0 Å². The van der Waals surface area contributed by atoms with Gasteiger partial charge in [-0.1, -0.05) is 12.1 Å². The number of rotatable bonds is 11. The first-order valence-corrected chi connectivity index (χ1v) is 10.4. The minimum Gasteiger partial charge on any atom is -0.454 e. The largest absolute Gasteiger partial charge is 0.454 e. The lowest BCUT2D eigenvalue weighted by atomic mass is 10.2. The monoisotopic (exact) mass is 434 g/mol. The molecule has 30 heavy (non-hydrogen) atoms. The van der Waals surface area contributed by atoms with E-state index < -0.39 is 0 Å². The molecule has 0 unspecified atom stereocenters. The molecule has 0 aliphatic carbocycles. The summed E-state index contributed by atoms with van der Waals surface area (Å²) < 4.78 is 20.8. The van der Waals surface area contributed by atoms with Gasteiger partial charge in [0.05, 0.1) is 19.7 Å². The summed E-state index contributed by atoms with van der Waals surface area (Å²) in [5, 5.41) is 1.98. The first-order valence-electron chi connectivity index (χ1n) is 9.55. The molecule has 2 amide bonds. The fraction of sp³-hybridized carbons (Fsp3) is 0.429. The van der Waals surface area contributed by atoms with Crippen LogP contribution in [0.15, 0.2) is 35.7 Å². The molecule has 0 fully saturated rings. The van der Waals surface area contributed by atoms with Gasteiger partial charge in [0.2, 0.25) is 18.6 Å². The summed E-state index contributed by atoms with van der Waals surface area (Å²) in [4.78, 5) is 29.8. The van der Waals surface area contributed by atoms with Crippen molar-refractivity contribution >= 4 is 23.2 Å². The van der Waals surface area contributed by atoms with Crippen LogP contribution in [0.1, 0.15) is 10.4 Å². The highest BCUT2D eigenvalue weighted by atomic mass is 32.1. The van der Waals surface area contributed by atoms with Crippen molar-refractivity contribution in [3.63, 3.8) is 0 Å². The van der Waals surface area contributed by atoms with Crippen LogP contribution in [0.4, 0.5) is 0 Å². The lowest BCUT2D eigenvalue weighted by Gasteiger charge is -2.27. The lowest BCUT2D eigenvalue weighted by Crippen LogP contribution is -2.44. The molecule has 0 atom stereocenters. The van der Waals surface area contributed by atoms with Crippen molar-refractivity contribution in [3.8, 4) is 11.5 Å². The number of benzene rings is 1. The SMILES string of the molecule is COCCN(CC(=O)N(Cc1ccc2c(c1)OCO2)Cc1cccs1)C(=O)COC. The summed E-state index contributed by atoms with van der Waals surface area (Å²) in [7, 11) is 3.01. The molecular formula is C21H26N2O6S. The zero-order chi connectivity index (χ0) is 21.3. The maximum atomic E-state index is 13.2. The van der Waals surface area contributed by atoms with Gasteiger partial charge in [0.1, 0.15) is 6.61 Å². The molecule has 2 aromatic rings. The number of carbonyl (C=O) groups excluding carboxylic acids is 2. The summed E-state index contributed by atoms with van der Waals surface area (Å²) in [6.45, 7) is 1.60. The second-order valence-corrected chi connectivity index (χ2v) is 7.79. The smallest absolute Gasteiger partial charge is 0.249 e. The fourth-order valence-electron chi connectivity index (χ4n) is 3.05. The molecular weight excluding hydrogens is 408 g/mol. The van der Waals surface area contributed by atoms with Gasteiger partial charge in [-0.05, 0) is 29.1 Å². The molecule has 0 bridgehead atoms. The zero-order valence-corrected chi connectivity index (χ0v) is 18.0. The van der Waals surface area contributed by atoms with E-state index in [1.807, 2.05) is 35.7 Å². The number of carbonyl (C=O) groups is 2. The Balaban J connectivity index is 1.74. The van der Waals surface area contributed by atoms with Gasteiger partial charge in [-0.2, -0.15) is 0 Å². The van der Waals surface area contributed by atoms with Gasteiger partial charge in [-0.3, -0.25) is 9.59 Å². The first kappa shape index (κ1) is 22.1. The zero-order valence-electron chi connectivity index (χ0n) is 17.2. The molecule has 0 N–H and O–H groups in total. The number of fused-ring (bicyclic) bond motifs is 1. The highest BCUT2D eigenvalue weighted by molar-refractivity contribution is 7.09. The van der Waals surface area contributed by atoms with Crippen LogP contribution in [0.2, 0.25) is 0 Å². The number of ether oxygens (including phenoxy) is 4. The van der Waals surface area contributed by atoms with Gasteiger partial charge in [-0.15, -0.1) is 11.3 Å². The van der Waals surface area contributed by atoms with E-state index >= 15 is 0 Å². The van der Waals surface area contributed by atoms with Gasteiger partial charge < -0.3 is 28.7 Å². The van der Waals surface area contributed by atoms with E-state index in [0.29, 0.717) is 37.7 Å². The minimum atomic E-state index is -0.248. The third kappa shape index (κ3) is 5.94. The molecule has 3 rings (SSSR count). The molecule has 1 aromatic heterocycles. The van der Waals surface area contributed by atoms with Crippen molar-refractivity contribution in [3.05, 3.63) is 46.2 Å². The summed E-state index contributed by atoms with van der Waals surface area (Å²) >= 11 is 1.59. The molecule has 8 nitrogen and oxygen atoms in total. The van der Waals surface area contributed by atoms with Crippen LogP contribution in [0.25, 0.3) is 0 Å². The van der Waals surface area contributed by atoms with Gasteiger partial charge in [0, 0.05) is 32.2 Å². The Morgan fingerprint density at radius 1 is 1.03 bits per heavy atom. The number of amides is 2. The van der Waals surface area contributed by atoms with Crippen molar-refractivity contribution in [2.45, 2.75) is 13.1 Å². The van der Waals surface area contributed by atoms with E-state index in [-0.39, 0.29) is 31.8 Å². The van der Waals surface area contributed by atoms with Crippen molar-refractivity contribution in [1.82, 2.24) is 9.80 Å². The van der Waals surface area contributed by atoms with E-state index in [4.69, 9.17) is 18.9 Å². The molecule has 1 aromatic carbocycles. The molecule has 0 spiro atoms. The maximum Gasteiger partial charge on any atom is 0.249 e. The normalized spacial score (nSPS) is 12.1. The van der Waals surface area contributed by atoms with E-state index in [1.165, 1.54) is 12.0 Å². The Kier molecular flexibility index (Phi) is 8.06. The van der Waals surface area contributed by atoms with Gasteiger partial charge in [0.15, 0.2) is 11.5 Å². The highest BCUT2D eigenvalue weighted by Crippen LogP contribution is 2.33. The number of nitrogens with zero attached hydrogens (tertiary/aromatic N) is 2. The van der Waals surface area contributed by atoms with Gasteiger partial charge in [-0.25, -0.2) is 0 Å². The van der Waals surface area contributed by atoms with E-state index in [9.17, 15) is 9.59 Å². The molecule has 2 heterocycles. The minimum absolute atomic E-state index is 0.0402. The second kappa shape index (κ2) is 11.0. The summed E-state index contributed by atoms with van der Waals surface area (Å²) in [5.41, 5.74) is 0.927. The van der Waals surface area contributed by atoms with Crippen LogP contribution in [0.3, 0.4) is 0 Å². The van der Waals surface area contributed by atoms with Gasteiger partial charge in [0.25, 0.3) is 0 Å². The Morgan fingerprint density at radius 3 is 2.60 bits per heavy atom. The number of methoxy groups -OCH3 is 2. The van der Waals surface area contributed by atoms with Crippen LogP contribution in [-0.4, -0.2) is 68.9 Å². The van der Waals surface area contributed by atoms with Crippen molar-refractivity contribution < 1.29 is 28.5 Å². The molecule has 162 valence electrons. The molecule has 1 aliphatic rings. The third-order valence-electron chi connectivity index (χ3n) is 4.60. The quantitative estimate of drug-likeness (QED) is 0.539. The molecule has 0 radical (unpaired) electrons. The topological polar surface area (TPSA) is 77.5 Å². The van der Waals surface area contributed by atoms with E-state index in [2.05, 4.69) is 0 Å².